The van der Waals surface area contributed by atoms with Crippen molar-refractivity contribution < 1.29 is 14.3 Å². The molecule has 3 rings (SSSR count). The second-order valence-electron chi connectivity index (χ2n) is 6.64. The number of amides is 1. The van der Waals surface area contributed by atoms with E-state index in [1.54, 1.807) is 6.92 Å². The lowest BCUT2D eigenvalue weighted by atomic mass is 9.79. The summed E-state index contributed by atoms with van der Waals surface area (Å²) >= 11 is 0. The molecular weight excluding hydrogens is 314 g/mol. The minimum absolute atomic E-state index is 0.0720. The average molecular weight is 339 g/mol. The molecule has 1 saturated carbocycles. The second-order valence-corrected chi connectivity index (χ2v) is 6.64. The van der Waals surface area contributed by atoms with Crippen LogP contribution in [-0.4, -0.2) is 18.5 Å². The van der Waals surface area contributed by atoms with Gasteiger partial charge in [-0.05, 0) is 37.1 Å². The lowest BCUT2D eigenvalue weighted by molar-refractivity contribution is -0.153. The van der Waals surface area contributed by atoms with Gasteiger partial charge in [-0.1, -0.05) is 55.7 Å². The molecule has 25 heavy (non-hydrogen) atoms. The van der Waals surface area contributed by atoms with Gasteiger partial charge in [0.1, 0.15) is 5.92 Å². The Morgan fingerprint density at radius 1 is 1.08 bits per heavy atom. The highest BCUT2D eigenvalue weighted by molar-refractivity contribution is 6.09. The van der Waals surface area contributed by atoms with E-state index >= 15 is 0 Å². The Labute approximate surface area is 148 Å². The highest BCUT2D eigenvalue weighted by Crippen LogP contribution is 2.32. The average Bonchev–Trinajstić information content (AvgIpc) is 2.63. The molecule has 0 spiro atoms. The van der Waals surface area contributed by atoms with E-state index in [0.29, 0.717) is 6.61 Å². The van der Waals surface area contributed by atoms with E-state index in [0.717, 1.165) is 42.1 Å². The van der Waals surface area contributed by atoms with Crippen LogP contribution in [0.1, 0.15) is 39.0 Å². The molecule has 0 aromatic heterocycles. The number of fused-ring (bicyclic) bond motifs is 1. The van der Waals surface area contributed by atoms with Crippen molar-refractivity contribution >= 4 is 28.3 Å². The van der Waals surface area contributed by atoms with Crippen molar-refractivity contribution in [2.75, 3.05) is 11.9 Å². The molecule has 0 saturated heterocycles. The first-order chi connectivity index (χ1) is 12.2. The van der Waals surface area contributed by atoms with Gasteiger partial charge in [0.05, 0.1) is 6.61 Å². The summed E-state index contributed by atoms with van der Waals surface area (Å²) in [6, 6.07) is 13.7. The molecule has 0 heterocycles. The van der Waals surface area contributed by atoms with Crippen molar-refractivity contribution in [2.45, 2.75) is 39.0 Å². The lowest BCUT2D eigenvalue weighted by Gasteiger charge is -2.28. The third kappa shape index (κ3) is 4.01. The first-order valence-corrected chi connectivity index (χ1v) is 9.16. The molecule has 1 aliphatic carbocycles. The van der Waals surface area contributed by atoms with Crippen LogP contribution in [-0.2, 0) is 14.3 Å². The maximum absolute atomic E-state index is 13.0. The number of hydrogen-bond donors (Lipinski definition) is 1. The molecule has 1 N–H and O–H groups in total. The zero-order valence-electron chi connectivity index (χ0n) is 14.7. The van der Waals surface area contributed by atoms with Gasteiger partial charge in [0, 0.05) is 11.1 Å². The number of carbonyl (C=O) groups is 2. The zero-order chi connectivity index (χ0) is 17.6. The number of hydrogen-bond acceptors (Lipinski definition) is 3. The summed E-state index contributed by atoms with van der Waals surface area (Å²) < 4.78 is 5.20. The molecule has 132 valence electrons. The number of nitrogens with one attached hydrogen (secondary N) is 1. The van der Waals surface area contributed by atoms with Crippen LogP contribution in [0.15, 0.2) is 42.5 Å². The molecule has 4 nitrogen and oxygen atoms in total. The van der Waals surface area contributed by atoms with Crippen molar-refractivity contribution in [3.63, 3.8) is 0 Å². The van der Waals surface area contributed by atoms with Crippen LogP contribution in [0.4, 0.5) is 5.69 Å². The minimum atomic E-state index is -0.723. The van der Waals surface area contributed by atoms with Crippen LogP contribution in [0.3, 0.4) is 0 Å². The third-order valence-corrected chi connectivity index (χ3v) is 4.99. The summed E-state index contributed by atoms with van der Waals surface area (Å²) in [5.74, 6) is -1.30. The topological polar surface area (TPSA) is 55.4 Å². The number of ether oxygens (including phenoxy) is 1. The molecule has 2 aromatic rings. The zero-order valence-corrected chi connectivity index (χ0v) is 14.7. The molecule has 1 aliphatic rings. The van der Waals surface area contributed by atoms with Crippen molar-refractivity contribution in [1.82, 2.24) is 0 Å². The maximum atomic E-state index is 13.0. The fourth-order valence-corrected chi connectivity index (χ4v) is 3.76. The molecule has 4 heteroatoms. The van der Waals surface area contributed by atoms with Crippen molar-refractivity contribution in [2.24, 2.45) is 11.8 Å². The molecule has 2 aromatic carbocycles. The van der Waals surface area contributed by atoms with Crippen LogP contribution in [0, 0.1) is 11.8 Å². The van der Waals surface area contributed by atoms with Crippen LogP contribution < -0.4 is 5.32 Å². The summed E-state index contributed by atoms with van der Waals surface area (Å²) in [6.07, 6.45) is 5.14. The van der Waals surface area contributed by atoms with Gasteiger partial charge in [-0.25, -0.2) is 0 Å². The van der Waals surface area contributed by atoms with Gasteiger partial charge >= 0.3 is 5.97 Å². The van der Waals surface area contributed by atoms with Gasteiger partial charge in [0.2, 0.25) is 5.91 Å². The summed E-state index contributed by atoms with van der Waals surface area (Å²) in [6.45, 7) is 2.07. The second kappa shape index (κ2) is 8.15. The van der Waals surface area contributed by atoms with E-state index < -0.39 is 11.9 Å². The third-order valence-electron chi connectivity index (χ3n) is 4.99. The normalized spacial score (nSPS) is 16.4. The number of benzene rings is 2. The highest BCUT2D eigenvalue weighted by Gasteiger charge is 2.36. The fourth-order valence-electron chi connectivity index (χ4n) is 3.76. The standard InChI is InChI=1S/C21H25NO3/c1-2-25-21(24)19(16-10-4-3-5-11-16)20(23)22-18-14-8-12-15-9-6-7-13-17(15)18/h6-9,12-14,16,19H,2-5,10-11H2,1H3,(H,22,23). The van der Waals surface area contributed by atoms with E-state index in [1.165, 1.54) is 6.42 Å². The molecule has 1 fully saturated rings. The van der Waals surface area contributed by atoms with Crippen molar-refractivity contribution in [1.29, 1.82) is 0 Å². The summed E-state index contributed by atoms with van der Waals surface area (Å²) in [5.41, 5.74) is 0.744. The monoisotopic (exact) mass is 339 g/mol. The SMILES string of the molecule is CCOC(=O)C(C(=O)Nc1cccc2ccccc12)C1CCCCC1. The van der Waals surface area contributed by atoms with Gasteiger partial charge in [0.15, 0.2) is 0 Å². The minimum Gasteiger partial charge on any atom is -0.465 e. The molecule has 1 amide bonds. The van der Waals surface area contributed by atoms with Crippen LogP contribution in [0.5, 0.6) is 0 Å². The van der Waals surface area contributed by atoms with Crippen molar-refractivity contribution in [3.05, 3.63) is 42.5 Å². The van der Waals surface area contributed by atoms with Gasteiger partial charge in [0.25, 0.3) is 0 Å². The predicted molar refractivity (Wildman–Crippen MR) is 99.3 cm³/mol. The molecule has 1 atom stereocenters. The Hall–Kier alpha value is -2.36. The fraction of sp³-hybridized carbons (Fsp3) is 0.429. The van der Waals surface area contributed by atoms with E-state index in [-0.39, 0.29) is 11.8 Å². The molecule has 0 bridgehead atoms. The number of carbonyl (C=O) groups excluding carboxylic acids is 2. The first-order valence-electron chi connectivity index (χ1n) is 9.16. The van der Waals surface area contributed by atoms with Gasteiger partial charge in [-0.3, -0.25) is 9.59 Å². The quantitative estimate of drug-likeness (QED) is 0.643. The van der Waals surface area contributed by atoms with Crippen molar-refractivity contribution in [3.8, 4) is 0 Å². The van der Waals surface area contributed by atoms with E-state index in [2.05, 4.69) is 5.32 Å². The summed E-state index contributed by atoms with van der Waals surface area (Å²) in [5, 5.41) is 5.02. The van der Waals surface area contributed by atoms with E-state index in [4.69, 9.17) is 4.74 Å². The Balaban J connectivity index is 1.85. The summed E-state index contributed by atoms with van der Waals surface area (Å²) in [7, 11) is 0. The Bertz CT molecular complexity index is 744. The van der Waals surface area contributed by atoms with Crippen LogP contribution >= 0.6 is 0 Å². The smallest absolute Gasteiger partial charge is 0.318 e. The van der Waals surface area contributed by atoms with Gasteiger partial charge in [-0.15, -0.1) is 0 Å². The largest absolute Gasteiger partial charge is 0.465 e. The Morgan fingerprint density at radius 2 is 1.80 bits per heavy atom. The lowest BCUT2D eigenvalue weighted by Crippen LogP contribution is -2.37. The van der Waals surface area contributed by atoms with Gasteiger partial charge < -0.3 is 10.1 Å². The number of esters is 1. The molecule has 0 aliphatic heterocycles. The van der Waals surface area contributed by atoms with Crippen LogP contribution in [0.2, 0.25) is 0 Å². The van der Waals surface area contributed by atoms with E-state index in [9.17, 15) is 9.59 Å². The van der Waals surface area contributed by atoms with E-state index in [1.807, 2.05) is 42.5 Å². The highest BCUT2D eigenvalue weighted by atomic mass is 16.5. The molecular formula is C21H25NO3. The number of rotatable bonds is 5. The number of anilines is 1. The Morgan fingerprint density at radius 3 is 2.56 bits per heavy atom. The molecule has 0 radical (unpaired) electrons. The first kappa shape index (κ1) is 17.5. The van der Waals surface area contributed by atoms with Crippen LogP contribution in [0.25, 0.3) is 10.8 Å². The summed E-state index contributed by atoms with van der Waals surface area (Å²) in [4.78, 5) is 25.4. The predicted octanol–water partition coefficient (Wildman–Crippen LogP) is 4.54. The van der Waals surface area contributed by atoms with Gasteiger partial charge in [-0.2, -0.15) is 0 Å². The Kier molecular flexibility index (Phi) is 5.69. The maximum Gasteiger partial charge on any atom is 0.318 e. The molecule has 1 unspecified atom stereocenters.